The second kappa shape index (κ2) is 5.53. The van der Waals surface area contributed by atoms with E-state index in [9.17, 15) is 4.79 Å². The summed E-state index contributed by atoms with van der Waals surface area (Å²) in [6, 6.07) is 6.85. The van der Waals surface area contributed by atoms with E-state index in [2.05, 4.69) is 15.8 Å². The number of nitrogens with one attached hydrogen (secondary N) is 2. The smallest absolute Gasteiger partial charge is 0.319 e. The number of urea groups is 1. The van der Waals surface area contributed by atoms with Crippen LogP contribution in [-0.2, 0) is 0 Å². The molecule has 0 aliphatic rings. The van der Waals surface area contributed by atoms with Crippen LogP contribution in [0.1, 0.15) is 33.3 Å². The topological polar surface area (TPSA) is 73.7 Å². The van der Waals surface area contributed by atoms with Crippen LogP contribution in [-0.4, -0.2) is 22.5 Å². The van der Waals surface area contributed by atoms with Gasteiger partial charge in [-0.15, -0.1) is 0 Å². The molecule has 0 aliphatic heterocycles. The molecule has 0 atom stereocenters. The van der Waals surface area contributed by atoms with Crippen molar-refractivity contribution < 1.29 is 10.0 Å². The molecule has 98 valence electrons. The molecule has 0 saturated heterocycles. The van der Waals surface area contributed by atoms with Crippen LogP contribution in [0.2, 0.25) is 0 Å². The molecule has 0 aliphatic carbocycles. The van der Waals surface area contributed by atoms with Crippen molar-refractivity contribution in [3.63, 3.8) is 0 Å². The van der Waals surface area contributed by atoms with E-state index in [0.717, 1.165) is 5.56 Å². The van der Waals surface area contributed by atoms with Crippen molar-refractivity contribution in [2.75, 3.05) is 5.32 Å². The third-order valence-corrected chi connectivity index (χ3v) is 2.18. The maximum atomic E-state index is 11.7. The van der Waals surface area contributed by atoms with Crippen molar-refractivity contribution in [2.45, 2.75) is 33.2 Å². The van der Waals surface area contributed by atoms with Crippen molar-refractivity contribution in [2.24, 2.45) is 5.16 Å². The first-order valence-electron chi connectivity index (χ1n) is 5.70. The minimum absolute atomic E-state index is 0.266. The third-order valence-electron chi connectivity index (χ3n) is 2.18. The van der Waals surface area contributed by atoms with Gasteiger partial charge in [-0.2, -0.15) is 0 Å². The molecule has 0 spiro atoms. The van der Waals surface area contributed by atoms with Crippen LogP contribution >= 0.6 is 0 Å². The molecule has 3 N–H and O–H groups in total. The van der Waals surface area contributed by atoms with E-state index in [-0.39, 0.29) is 11.6 Å². The molecule has 5 heteroatoms. The molecule has 1 aromatic rings. The zero-order valence-electron chi connectivity index (χ0n) is 11.1. The molecule has 1 aromatic carbocycles. The largest absolute Gasteiger partial charge is 0.411 e. The van der Waals surface area contributed by atoms with Crippen LogP contribution in [0.15, 0.2) is 29.4 Å². The number of hydrogen-bond acceptors (Lipinski definition) is 3. The van der Waals surface area contributed by atoms with Crippen molar-refractivity contribution in [1.82, 2.24) is 5.32 Å². The van der Waals surface area contributed by atoms with Gasteiger partial charge in [0.15, 0.2) is 0 Å². The first-order valence-corrected chi connectivity index (χ1v) is 5.70. The monoisotopic (exact) mass is 249 g/mol. The van der Waals surface area contributed by atoms with Gasteiger partial charge in [0.2, 0.25) is 0 Å². The fourth-order valence-electron chi connectivity index (χ4n) is 1.38. The van der Waals surface area contributed by atoms with E-state index < -0.39 is 0 Å². The van der Waals surface area contributed by atoms with Crippen molar-refractivity contribution in [3.05, 3.63) is 29.8 Å². The molecule has 18 heavy (non-hydrogen) atoms. The van der Waals surface area contributed by atoms with Gasteiger partial charge in [-0.05, 0) is 39.8 Å². The van der Waals surface area contributed by atoms with Crippen LogP contribution in [0.4, 0.5) is 10.5 Å². The Labute approximate surface area is 107 Å². The highest BCUT2D eigenvalue weighted by Gasteiger charge is 2.13. The number of oxime groups is 1. The van der Waals surface area contributed by atoms with Crippen LogP contribution in [0.5, 0.6) is 0 Å². The van der Waals surface area contributed by atoms with E-state index in [1.54, 1.807) is 25.1 Å². The second-order valence-electron chi connectivity index (χ2n) is 5.10. The summed E-state index contributed by atoms with van der Waals surface area (Å²) < 4.78 is 0. The zero-order valence-corrected chi connectivity index (χ0v) is 11.1. The van der Waals surface area contributed by atoms with Crippen LogP contribution in [0.3, 0.4) is 0 Å². The lowest BCUT2D eigenvalue weighted by Gasteiger charge is -2.20. The molecule has 0 radical (unpaired) electrons. The van der Waals surface area contributed by atoms with Crippen molar-refractivity contribution in [3.8, 4) is 0 Å². The van der Waals surface area contributed by atoms with E-state index >= 15 is 0 Å². The lowest BCUT2D eigenvalue weighted by molar-refractivity contribution is 0.244. The molecular formula is C13H19N3O2. The van der Waals surface area contributed by atoms with Crippen LogP contribution < -0.4 is 10.6 Å². The number of nitrogens with zero attached hydrogens (tertiary/aromatic N) is 1. The lowest BCUT2D eigenvalue weighted by atomic mass is 10.1. The first-order chi connectivity index (χ1) is 8.31. The average molecular weight is 249 g/mol. The predicted octanol–water partition coefficient (Wildman–Crippen LogP) is 2.80. The Hall–Kier alpha value is -2.04. The van der Waals surface area contributed by atoms with E-state index in [0.29, 0.717) is 11.4 Å². The normalized spacial score (nSPS) is 12.1. The van der Waals surface area contributed by atoms with Gasteiger partial charge in [-0.1, -0.05) is 17.3 Å². The fraction of sp³-hybridized carbons (Fsp3) is 0.385. The minimum atomic E-state index is -0.288. The van der Waals surface area contributed by atoms with Gasteiger partial charge in [-0.3, -0.25) is 0 Å². The summed E-state index contributed by atoms with van der Waals surface area (Å²) in [6.45, 7) is 7.41. The van der Waals surface area contributed by atoms with Crippen LogP contribution in [0.25, 0.3) is 0 Å². The summed E-state index contributed by atoms with van der Waals surface area (Å²) in [6.07, 6.45) is 0. The summed E-state index contributed by atoms with van der Waals surface area (Å²) >= 11 is 0. The van der Waals surface area contributed by atoms with Gasteiger partial charge >= 0.3 is 6.03 Å². The number of hydrogen-bond donors (Lipinski definition) is 3. The van der Waals surface area contributed by atoms with Crippen LogP contribution in [0, 0.1) is 0 Å². The Kier molecular flexibility index (Phi) is 4.31. The van der Waals surface area contributed by atoms with Gasteiger partial charge in [0, 0.05) is 16.8 Å². The molecule has 2 amide bonds. The molecule has 5 nitrogen and oxygen atoms in total. The summed E-state index contributed by atoms with van der Waals surface area (Å²) in [7, 11) is 0. The molecule has 1 rings (SSSR count). The van der Waals surface area contributed by atoms with Crippen molar-refractivity contribution in [1.29, 1.82) is 0 Å². The Morgan fingerprint density at radius 1 is 1.33 bits per heavy atom. The van der Waals surface area contributed by atoms with Gasteiger partial charge < -0.3 is 15.8 Å². The Bertz CT molecular complexity index is 462. The average Bonchev–Trinajstić information content (AvgIpc) is 2.25. The highest BCUT2D eigenvalue weighted by molar-refractivity contribution is 6.00. The Balaban J connectivity index is 2.77. The van der Waals surface area contributed by atoms with Gasteiger partial charge in [0.05, 0.1) is 5.71 Å². The number of rotatable bonds is 2. The number of carbonyl (C=O) groups excluding carboxylic acids is 1. The lowest BCUT2D eigenvalue weighted by Crippen LogP contribution is -2.43. The Morgan fingerprint density at radius 2 is 2.00 bits per heavy atom. The number of benzene rings is 1. The standard InChI is InChI=1S/C13H19N3O2/c1-9(16-18)10-6-5-7-11(8-10)14-12(17)15-13(2,3)4/h5-8,18H,1-4H3,(H2,14,15,17)/b16-9+. The Morgan fingerprint density at radius 3 is 2.56 bits per heavy atom. The van der Waals surface area contributed by atoms with E-state index in [1.807, 2.05) is 26.8 Å². The first kappa shape index (κ1) is 14.0. The molecule has 0 saturated carbocycles. The maximum Gasteiger partial charge on any atom is 0.319 e. The second-order valence-corrected chi connectivity index (χ2v) is 5.10. The summed E-state index contributed by atoms with van der Waals surface area (Å²) in [5, 5.41) is 17.4. The molecular weight excluding hydrogens is 230 g/mol. The quantitative estimate of drug-likeness (QED) is 0.428. The number of anilines is 1. The summed E-state index contributed by atoms with van der Waals surface area (Å²) in [5.74, 6) is 0. The number of amides is 2. The van der Waals surface area contributed by atoms with Gasteiger partial charge in [-0.25, -0.2) is 4.79 Å². The summed E-state index contributed by atoms with van der Waals surface area (Å²) in [5.41, 5.74) is 1.61. The fourth-order valence-corrected chi connectivity index (χ4v) is 1.38. The highest BCUT2D eigenvalue weighted by Crippen LogP contribution is 2.12. The van der Waals surface area contributed by atoms with E-state index in [4.69, 9.17) is 5.21 Å². The summed E-state index contributed by atoms with van der Waals surface area (Å²) in [4.78, 5) is 11.7. The molecule has 0 fully saturated rings. The van der Waals surface area contributed by atoms with Crippen molar-refractivity contribution >= 4 is 17.4 Å². The van der Waals surface area contributed by atoms with Gasteiger partial charge in [0.25, 0.3) is 0 Å². The zero-order chi connectivity index (χ0) is 13.8. The third kappa shape index (κ3) is 4.45. The molecule has 0 bridgehead atoms. The molecule has 0 unspecified atom stereocenters. The molecule has 0 aromatic heterocycles. The minimum Gasteiger partial charge on any atom is -0.411 e. The van der Waals surface area contributed by atoms with E-state index in [1.165, 1.54) is 0 Å². The van der Waals surface area contributed by atoms with Gasteiger partial charge in [0.1, 0.15) is 0 Å². The maximum absolute atomic E-state index is 11.7. The number of carbonyl (C=O) groups is 1. The highest BCUT2D eigenvalue weighted by atomic mass is 16.4. The predicted molar refractivity (Wildman–Crippen MR) is 72.3 cm³/mol. The molecule has 0 heterocycles. The SMILES string of the molecule is C/C(=N\O)c1cccc(NC(=O)NC(C)(C)C)c1.